The van der Waals surface area contributed by atoms with Gasteiger partial charge in [-0.3, -0.25) is 0 Å². The molecule has 6 heteroatoms. The van der Waals surface area contributed by atoms with Gasteiger partial charge in [0.1, 0.15) is 4.90 Å². The number of benzene rings is 1. The maximum Gasteiger partial charge on any atom is 0.322 e. The molecule has 0 spiro atoms. The van der Waals surface area contributed by atoms with Gasteiger partial charge in [-0.05, 0) is 12.1 Å². The monoisotopic (exact) mass is 228 g/mol. The molecular formula is C6H8Cl2NO2S-. The summed E-state index contributed by atoms with van der Waals surface area (Å²) >= 11 is 0. The first-order chi connectivity index (χ1) is 4.61. The molecule has 0 atom stereocenters. The van der Waals surface area contributed by atoms with Gasteiger partial charge in [-0.2, -0.15) is 8.42 Å². The molecule has 0 heterocycles. The predicted molar refractivity (Wildman–Crippen MR) is 36.5 cm³/mol. The Labute approximate surface area is 83.8 Å². The lowest BCUT2D eigenvalue weighted by atomic mass is 10.4. The molecular weight excluding hydrogens is 221 g/mol. The Hall–Kier alpha value is -0.290. The van der Waals surface area contributed by atoms with Crippen LogP contribution in [0.3, 0.4) is 0 Å². The summed E-state index contributed by atoms with van der Waals surface area (Å²) in [6, 6.07) is 8.12. The van der Waals surface area contributed by atoms with E-state index in [2.05, 4.69) is 5.14 Å². The summed E-state index contributed by atoms with van der Waals surface area (Å²) in [5, 5.41) is 3.01. The Kier molecular flexibility index (Phi) is 6.38. The SMILES string of the molecule is [Cl-].[Cl-].[NH3+]S(=O)(=O)c1ccccc1. The number of quaternary nitrogens is 1. The van der Waals surface area contributed by atoms with Gasteiger partial charge < -0.3 is 24.8 Å². The summed E-state index contributed by atoms with van der Waals surface area (Å²) in [6.07, 6.45) is 0. The van der Waals surface area contributed by atoms with Crippen molar-refractivity contribution >= 4 is 10.0 Å². The molecule has 0 aliphatic rings. The molecule has 0 fully saturated rings. The van der Waals surface area contributed by atoms with Gasteiger partial charge in [0, 0.05) is 0 Å². The second-order valence-corrected chi connectivity index (χ2v) is 3.63. The first-order valence-corrected chi connectivity index (χ1v) is 4.39. The second-order valence-electron chi connectivity index (χ2n) is 1.93. The molecule has 0 saturated carbocycles. The lowest BCUT2D eigenvalue weighted by Crippen LogP contribution is -3.00. The summed E-state index contributed by atoms with van der Waals surface area (Å²) in [5.41, 5.74) is 0. The lowest BCUT2D eigenvalue weighted by molar-refractivity contribution is -0.164. The third-order valence-corrected chi connectivity index (χ3v) is 2.09. The van der Waals surface area contributed by atoms with Crippen molar-refractivity contribution < 1.29 is 38.4 Å². The zero-order valence-corrected chi connectivity index (χ0v) is 8.40. The Balaban J connectivity index is 0. The topological polar surface area (TPSA) is 61.8 Å². The quantitative estimate of drug-likeness (QED) is 0.520. The van der Waals surface area contributed by atoms with E-state index in [0.717, 1.165) is 0 Å². The van der Waals surface area contributed by atoms with E-state index in [4.69, 9.17) is 0 Å². The average molecular weight is 229 g/mol. The van der Waals surface area contributed by atoms with Crippen molar-refractivity contribution in [3.05, 3.63) is 30.3 Å². The average Bonchev–Trinajstić information content (AvgIpc) is 1.88. The van der Waals surface area contributed by atoms with Crippen molar-refractivity contribution in [2.45, 2.75) is 4.90 Å². The maximum absolute atomic E-state index is 10.7. The first-order valence-electron chi connectivity index (χ1n) is 2.74. The molecule has 1 aromatic rings. The van der Waals surface area contributed by atoms with Crippen LogP contribution in [0.1, 0.15) is 0 Å². The number of halogens is 2. The van der Waals surface area contributed by atoms with E-state index in [1.54, 1.807) is 18.2 Å². The number of rotatable bonds is 1. The van der Waals surface area contributed by atoms with Crippen LogP contribution in [-0.2, 0) is 10.0 Å². The Bertz CT molecular complexity index is 312. The van der Waals surface area contributed by atoms with Gasteiger partial charge in [-0.15, -0.1) is 0 Å². The summed E-state index contributed by atoms with van der Waals surface area (Å²) in [5.74, 6) is 0. The van der Waals surface area contributed by atoms with Gasteiger partial charge in [0.2, 0.25) is 0 Å². The summed E-state index contributed by atoms with van der Waals surface area (Å²) < 4.78 is 21.4. The van der Waals surface area contributed by atoms with Gasteiger partial charge in [0.05, 0.1) is 0 Å². The third-order valence-electron chi connectivity index (χ3n) is 1.10. The molecule has 3 nitrogen and oxygen atoms in total. The van der Waals surface area contributed by atoms with Crippen molar-refractivity contribution in [1.29, 1.82) is 0 Å². The van der Waals surface area contributed by atoms with Crippen LogP contribution in [-0.4, -0.2) is 8.42 Å². The summed E-state index contributed by atoms with van der Waals surface area (Å²) in [7, 11) is -3.25. The smallest absolute Gasteiger partial charge is 0.322 e. The van der Waals surface area contributed by atoms with Crippen LogP contribution in [0.5, 0.6) is 0 Å². The highest BCUT2D eigenvalue weighted by Gasteiger charge is 2.07. The Morgan fingerprint density at radius 3 is 1.67 bits per heavy atom. The van der Waals surface area contributed by atoms with Crippen LogP contribution >= 0.6 is 0 Å². The molecule has 0 radical (unpaired) electrons. The summed E-state index contributed by atoms with van der Waals surface area (Å²) in [6.45, 7) is 0. The van der Waals surface area contributed by atoms with Crippen LogP contribution in [0.2, 0.25) is 0 Å². The minimum atomic E-state index is -3.25. The molecule has 0 aliphatic heterocycles. The van der Waals surface area contributed by atoms with E-state index in [1.807, 2.05) is 0 Å². The number of hydrogen-bond acceptors (Lipinski definition) is 2. The molecule has 70 valence electrons. The van der Waals surface area contributed by atoms with E-state index in [9.17, 15) is 8.42 Å². The minimum Gasteiger partial charge on any atom is -1.00 e. The fourth-order valence-electron chi connectivity index (χ4n) is 0.628. The van der Waals surface area contributed by atoms with Gasteiger partial charge in [-0.25, -0.2) is 5.14 Å². The van der Waals surface area contributed by atoms with E-state index in [-0.39, 0.29) is 29.7 Å². The van der Waals surface area contributed by atoms with Gasteiger partial charge in [-0.1, -0.05) is 18.2 Å². The standard InChI is InChI=1S/C6H7NO2S.2ClH/c7-10(8,9)6-4-2-1-3-5-6;;/h1-5H,(H2,7,8,9);2*1H/p-1. The third kappa shape index (κ3) is 3.92. The molecule has 3 N–H and O–H groups in total. The molecule has 0 saturated heterocycles. The molecule has 0 unspecified atom stereocenters. The van der Waals surface area contributed by atoms with Crippen molar-refractivity contribution in [3.63, 3.8) is 0 Å². The molecule has 1 aromatic carbocycles. The van der Waals surface area contributed by atoms with E-state index >= 15 is 0 Å². The zero-order chi connectivity index (χ0) is 7.61. The summed E-state index contributed by atoms with van der Waals surface area (Å²) in [4.78, 5) is 0.259. The zero-order valence-electron chi connectivity index (χ0n) is 6.07. The van der Waals surface area contributed by atoms with Gasteiger partial charge in [0.15, 0.2) is 0 Å². The van der Waals surface area contributed by atoms with E-state index < -0.39 is 10.0 Å². The highest BCUT2D eigenvalue weighted by Crippen LogP contribution is 2.01. The largest absolute Gasteiger partial charge is 1.00 e. The molecule has 0 aliphatic carbocycles. The molecule has 0 aromatic heterocycles. The normalized spacial score (nSPS) is 9.42. The highest BCUT2D eigenvalue weighted by molar-refractivity contribution is 7.84. The number of sulfonamides is 1. The second kappa shape index (κ2) is 5.37. The van der Waals surface area contributed by atoms with Crippen LogP contribution < -0.4 is 30.0 Å². The Morgan fingerprint density at radius 1 is 1.00 bits per heavy atom. The van der Waals surface area contributed by atoms with Crippen molar-refractivity contribution in [2.75, 3.05) is 0 Å². The van der Waals surface area contributed by atoms with Crippen LogP contribution in [0, 0.1) is 0 Å². The van der Waals surface area contributed by atoms with Crippen LogP contribution in [0.4, 0.5) is 0 Å². The van der Waals surface area contributed by atoms with E-state index in [0.29, 0.717) is 0 Å². The highest BCUT2D eigenvalue weighted by atomic mass is 35.5. The first kappa shape index (κ1) is 14.2. The van der Waals surface area contributed by atoms with Crippen molar-refractivity contribution in [1.82, 2.24) is 0 Å². The fourth-order valence-corrected chi connectivity index (χ4v) is 1.20. The van der Waals surface area contributed by atoms with E-state index in [1.165, 1.54) is 12.1 Å². The molecule has 0 bridgehead atoms. The lowest BCUT2D eigenvalue weighted by Gasteiger charge is -1.90. The molecule has 0 amide bonds. The van der Waals surface area contributed by atoms with Crippen LogP contribution in [0.15, 0.2) is 35.2 Å². The fraction of sp³-hybridized carbons (Fsp3) is 0. The van der Waals surface area contributed by atoms with Crippen molar-refractivity contribution in [2.24, 2.45) is 0 Å². The maximum atomic E-state index is 10.7. The van der Waals surface area contributed by atoms with Gasteiger partial charge >= 0.3 is 10.0 Å². The van der Waals surface area contributed by atoms with Gasteiger partial charge in [0.25, 0.3) is 0 Å². The molecule has 1 rings (SSSR count). The molecule has 12 heavy (non-hydrogen) atoms. The minimum absolute atomic E-state index is 0. The number of hydrogen-bond donors (Lipinski definition) is 1. The van der Waals surface area contributed by atoms with Crippen molar-refractivity contribution in [3.8, 4) is 0 Å². The predicted octanol–water partition coefficient (Wildman–Crippen LogP) is -6.37. The Morgan fingerprint density at radius 2 is 1.42 bits per heavy atom. The van der Waals surface area contributed by atoms with Crippen LogP contribution in [0.25, 0.3) is 0 Å².